The van der Waals surface area contributed by atoms with Crippen LogP contribution >= 0.6 is 11.3 Å². The number of hydrogen-bond acceptors (Lipinski definition) is 7. The Morgan fingerprint density at radius 3 is 2.45 bits per heavy atom. The minimum Gasteiger partial charge on any atom is -0.459 e. The van der Waals surface area contributed by atoms with Crippen molar-refractivity contribution >= 4 is 17.3 Å². The van der Waals surface area contributed by atoms with Gasteiger partial charge in [0.05, 0.1) is 24.9 Å². The number of hydrogen-bond donors (Lipinski definition) is 4. The van der Waals surface area contributed by atoms with Gasteiger partial charge < -0.3 is 25.2 Å². The smallest absolute Gasteiger partial charge is 0.348 e. The van der Waals surface area contributed by atoms with Crippen molar-refractivity contribution in [2.75, 3.05) is 13.2 Å². The van der Waals surface area contributed by atoms with Crippen LogP contribution in [0.3, 0.4) is 0 Å². The molecule has 1 aromatic carbocycles. The molecule has 1 saturated carbocycles. The molecule has 0 saturated heterocycles. The second-order valence-electron chi connectivity index (χ2n) is 8.97. The van der Waals surface area contributed by atoms with E-state index >= 15 is 0 Å². The standard InChI is InChI=1S/C26H36O6S/c27-15-16-32-26(31)25-14-12-20(33-25)7-4-8-21-22(24(30)17-23(21)29)13-11-19(28)10-9-18-5-2-1-3-6-18/h1-3,5-6,12,14,19,21-24,27-30H,4,7-11,13,15-17H2/t19-,21-,22+,23-,24+/m0/s1. The quantitative estimate of drug-likeness (QED) is 0.330. The maximum absolute atomic E-state index is 11.9. The number of carbonyl (C=O) groups is 1. The molecular formula is C26H36O6S. The van der Waals surface area contributed by atoms with Gasteiger partial charge in [0.2, 0.25) is 0 Å². The highest BCUT2D eigenvalue weighted by Gasteiger charge is 2.40. The molecule has 0 radical (unpaired) electrons. The Morgan fingerprint density at radius 1 is 1.00 bits per heavy atom. The minimum atomic E-state index is -0.527. The molecule has 0 amide bonds. The molecule has 1 fully saturated rings. The molecule has 6 nitrogen and oxygen atoms in total. The van der Waals surface area contributed by atoms with Crippen molar-refractivity contribution < 1.29 is 30.0 Å². The third-order valence-corrected chi connectivity index (χ3v) is 7.74. The highest BCUT2D eigenvalue weighted by molar-refractivity contribution is 7.13. The third-order valence-electron chi connectivity index (χ3n) is 6.61. The lowest BCUT2D eigenvalue weighted by Crippen LogP contribution is -2.24. The molecule has 1 aromatic heterocycles. The van der Waals surface area contributed by atoms with E-state index in [0.717, 1.165) is 30.6 Å². The summed E-state index contributed by atoms with van der Waals surface area (Å²) >= 11 is 1.39. The summed E-state index contributed by atoms with van der Waals surface area (Å²) in [5, 5.41) is 40.2. The van der Waals surface area contributed by atoms with Gasteiger partial charge in [-0.3, -0.25) is 0 Å². The highest BCUT2D eigenvalue weighted by Crippen LogP contribution is 2.39. The molecule has 7 heteroatoms. The number of ether oxygens (including phenoxy) is 1. The Bertz CT molecular complexity index is 838. The summed E-state index contributed by atoms with van der Waals surface area (Å²) in [6.45, 7) is -0.193. The Labute approximate surface area is 199 Å². The first-order valence-electron chi connectivity index (χ1n) is 11.9. The zero-order valence-electron chi connectivity index (χ0n) is 19.0. The number of carbonyl (C=O) groups excluding carboxylic acids is 1. The fourth-order valence-electron chi connectivity index (χ4n) is 4.83. The van der Waals surface area contributed by atoms with Crippen molar-refractivity contribution in [1.82, 2.24) is 0 Å². The fourth-order valence-corrected chi connectivity index (χ4v) is 5.77. The molecule has 2 aromatic rings. The van der Waals surface area contributed by atoms with Gasteiger partial charge in [-0.2, -0.15) is 0 Å². The molecule has 182 valence electrons. The predicted octanol–water partition coefficient (Wildman–Crippen LogP) is 3.35. The largest absolute Gasteiger partial charge is 0.459 e. The molecule has 5 atom stereocenters. The van der Waals surface area contributed by atoms with Crippen molar-refractivity contribution in [3.63, 3.8) is 0 Å². The van der Waals surface area contributed by atoms with Crippen LogP contribution in [0.5, 0.6) is 0 Å². The van der Waals surface area contributed by atoms with Crippen LogP contribution in [-0.4, -0.2) is 57.9 Å². The first-order valence-corrected chi connectivity index (χ1v) is 12.7. The molecule has 0 spiro atoms. The number of thiophene rings is 1. The molecule has 1 heterocycles. The van der Waals surface area contributed by atoms with E-state index in [0.29, 0.717) is 30.6 Å². The Kier molecular flexibility index (Phi) is 10.3. The van der Waals surface area contributed by atoms with Crippen LogP contribution in [0, 0.1) is 11.8 Å². The van der Waals surface area contributed by atoms with Crippen molar-refractivity contribution in [2.45, 2.75) is 69.7 Å². The van der Waals surface area contributed by atoms with Gasteiger partial charge in [-0.15, -0.1) is 11.3 Å². The van der Waals surface area contributed by atoms with E-state index in [2.05, 4.69) is 12.1 Å². The Morgan fingerprint density at radius 2 is 1.73 bits per heavy atom. The van der Waals surface area contributed by atoms with Gasteiger partial charge in [0.15, 0.2) is 0 Å². The highest BCUT2D eigenvalue weighted by atomic mass is 32.1. The van der Waals surface area contributed by atoms with Crippen LogP contribution in [0.15, 0.2) is 42.5 Å². The van der Waals surface area contributed by atoms with Crippen molar-refractivity contribution in [2.24, 2.45) is 11.8 Å². The van der Waals surface area contributed by atoms with Crippen LogP contribution in [0.1, 0.15) is 58.6 Å². The number of rotatable bonds is 13. The normalized spacial score (nSPS) is 23.5. The second-order valence-corrected chi connectivity index (χ2v) is 10.1. The first-order chi connectivity index (χ1) is 16.0. The van der Waals surface area contributed by atoms with Crippen LogP contribution in [0.4, 0.5) is 0 Å². The maximum Gasteiger partial charge on any atom is 0.348 e. The summed E-state index contributed by atoms with van der Waals surface area (Å²) in [5.41, 5.74) is 1.21. The summed E-state index contributed by atoms with van der Waals surface area (Å²) in [6.07, 6.45) is 4.25. The number of aliphatic hydroxyl groups is 4. The van der Waals surface area contributed by atoms with Gasteiger partial charge >= 0.3 is 5.97 Å². The van der Waals surface area contributed by atoms with E-state index in [9.17, 15) is 20.1 Å². The van der Waals surface area contributed by atoms with Gasteiger partial charge in [0.1, 0.15) is 11.5 Å². The lowest BCUT2D eigenvalue weighted by molar-refractivity contribution is 0.0439. The number of aryl methyl sites for hydroxylation is 2. The van der Waals surface area contributed by atoms with Crippen molar-refractivity contribution in [3.05, 3.63) is 57.8 Å². The van der Waals surface area contributed by atoms with Crippen LogP contribution in [-0.2, 0) is 17.6 Å². The molecule has 1 aliphatic carbocycles. The molecule has 3 rings (SSSR count). The number of benzene rings is 1. The van der Waals surface area contributed by atoms with E-state index in [1.54, 1.807) is 6.07 Å². The minimum absolute atomic E-state index is 0.00117. The van der Waals surface area contributed by atoms with Crippen LogP contribution in [0.25, 0.3) is 0 Å². The van der Waals surface area contributed by atoms with E-state index < -0.39 is 24.3 Å². The lowest BCUT2D eigenvalue weighted by atomic mass is 9.84. The second kappa shape index (κ2) is 13.2. The average Bonchev–Trinajstić information content (AvgIpc) is 3.39. The summed E-state index contributed by atoms with van der Waals surface area (Å²) < 4.78 is 4.95. The van der Waals surface area contributed by atoms with Gasteiger partial charge in [0, 0.05) is 4.88 Å². The zero-order chi connectivity index (χ0) is 23.6. The molecule has 0 unspecified atom stereocenters. The predicted molar refractivity (Wildman–Crippen MR) is 128 cm³/mol. The summed E-state index contributed by atoms with van der Waals surface area (Å²) in [6, 6.07) is 13.8. The fraction of sp³-hybridized carbons (Fsp3) is 0.577. The number of esters is 1. The maximum atomic E-state index is 11.9. The third kappa shape index (κ3) is 7.90. The monoisotopic (exact) mass is 476 g/mol. The molecular weight excluding hydrogens is 440 g/mol. The molecule has 1 aliphatic rings. The zero-order valence-corrected chi connectivity index (χ0v) is 19.8. The van der Waals surface area contributed by atoms with E-state index in [1.165, 1.54) is 16.9 Å². The topological polar surface area (TPSA) is 107 Å². The van der Waals surface area contributed by atoms with Crippen molar-refractivity contribution in [3.8, 4) is 0 Å². The van der Waals surface area contributed by atoms with Crippen LogP contribution < -0.4 is 0 Å². The summed E-state index contributed by atoms with van der Waals surface area (Å²) in [5.74, 6) is -0.394. The molecule has 0 bridgehead atoms. The van der Waals surface area contributed by atoms with Crippen molar-refractivity contribution in [1.29, 1.82) is 0 Å². The van der Waals surface area contributed by atoms with Gasteiger partial charge in [-0.05, 0) is 80.9 Å². The lowest BCUT2D eigenvalue weighted by Gasteiger charge is -2.24. The van der Waals surface area contributed by atoms with Crippen LogP contribution in [0.2, 0.25) is 0 Å². The molecule has 0 aliphatic heterocycles. The Hall–Kier alpha value is -1.77. The average molecular weight is 477 g/mol. The van der Waals surface area contributed by atoms with E-state index in [4.69, 9.17) is 9.84 Å². The van der Waals surface area contributed by atoms with Gasteiger partial charge in [-0.25, -0.2) is 4.79 Å². The molecule has 4 N–H and O–H groups in total. The summed E-state index contributed by atoms with van der Waals surface area (Å²) in [4.78, 5) is 13.5. The van der Waals surface area contributed by atoms with Gasteiger partial charge in [-0.1, -0.05) is 30.3 Å². The van der Waals surface area contributed by atoms with E-state index in [-0.39, 0.29) is 25.0 Å². The van der Waals surface area contributed by atoms with Gasteiger partial charge in [0.25, 0.3) is 0 Å². The summed E-state index contributed by atoms with van der Waals surface area (Å²) in [7, 11) is 0. The first kappa shape index (κ1) is 25.8. The SMILES string of the molecule is O=C(OCCO)c1ccc(CCC[C@H]2[C@@H](CC[C@@H](O)CCc3ccccc3)[C@H](O)C[C@@H]2O)s1. The molecule has 33 heavy (non-hydrogen) atoms. The number of aliphatic hydroxyl groups excluding tert-OH is 4. The Balaban J connectivity index is 1.43. The van der Waals surface area contributed by atoms with E-state index in [1.807, 2.05) is 24.3 Å².